The van der Waals surface area contributed by atoms with E-state index in [1.54, 1.807) is 31.3 Å². The highest BCUT2D eigenvalue weighted by atomic mass is 32.2. The molecule has 0 aliphatic carbocycles. The van der Waals surface area contributed by atoms with Gasteiger partial charge in [-0.25, -0.2) is 18.1 Å². The number of nitrogens with zero attached hydrogens (tertiary/aromatic N) is 5. The van der Waals surface area contributed by atoms with Gasteiger partial charge < -0.3 is 4.90 Å². The first kappa shape index (κ1) is 18.0. The summed E-state index contributed by atoms with van der Waals surface area (Å²) in [5.41, 5.74) is 1.13. The predicted molar refractivity (Wildman–Crippen MR) is 103 cm³/mol. The van der Waals surface area contributed by atoms with Gasteiger partial charge in [0.2, 0.25) is 10.0 Å². The van der Waals surface area contributed by atoms with E-state index < -0.39 is 34.0 Å². The molecule has 3 aliphatic rings. The first-order chi connectivity index (χ1) is 13.9. The number of benzene rings is 1. The molecular weight excluding hydrogens is 394 g/mol. The van der Waals surface area contributed by atoms with Crippen molar-refractivity contribution in [3.63, 3.8) is 0 Å². The van der Waals surface area contributed by atoms with Crippen molar-refractivity contribution in [2.24, 2.45) is 0 Å². The van der Waals surface area contributed by atoms with Crippen LogP contribution in [0.3, 0.4) is 0 Å². The molecule has 3 atom stereocenters. The van der Waals surface area contributed by atoms with Crippen LogP contribution in [0.2, 0.25) is 0 Å². The lowest BCUT2D eigenvalue weighted by Crippen LogP contribution is -2.55. The normalized spacial score (nSPS) is 26.4. The second-order valence-electron chi connectivity index (χ2n) is 7.38. The summed E-state index contributed by atoms with van der Waals surface area (Å²) < 4.78 is 26.2. The topological polar surface area (TPSA) is 115 Å². The van der Waals surface area contributed by atoms with Crippen molar-refractivity contribution < 1.29 is 18.0 Å². The summed E-state index contributed by atoms with van der Waals surface area (Å²) in [7, 11) is -3.46. The number of anilines is 1. The van der Waals surface area contributed by atoms with Gasteiger partial charge in [0.15, 0.2) is 0 Å². The molecule has 0 N–H and O–H groups in total. The zero-order chi connectivity index (χ0) is 20.5. The standard InChI is InChI=1S/C19H17N5O4S/c1-2-29(27,28)22-10-12-8-15(22)17-18(25)24(19(26)23(12)17)14-6-5-11(9-20)16-13(14)4-3-7-21-16/h3-7,12,15,17H,2,8,10H2,1H3/t12-,15?,17+/m1/s1. The monoisotopic (exact) mass is 411 g/mol. The van der Waals surface area contributed by atoms with Gasteiger partial charge in [0.25, 0.3) is 5.91 Å². The van der Waals surface area contributed by atoms with Crippen LogP contribution >= 0.6 is 0 Å². The third-order valence-corrected chi connectivity index (χ3v) is 7.91. The van der Waals surface area contributed by atoms with Gasteiger partial charge in [-0.05, 0) is 37.6 Å². The Hall–Kier alpha value is -3.03. The lowest BCUT2D eigenvalue weighted by atomic mass is 10.1. The third-order valence-electron chi connectivity index (χ3n) is 6.05. The van der Waals surface area contributed by atoms with E-state index in [1.807, 2.05) is 0 Å². The molecule has 5 rings (SSSR count). The van der Waals surface area contributed by atoms with E-state index in [1.165, 1.54) is 15.3 Å². The first-order valence-corrected chi connectivity index (χ1v) is 10.9. The van der Waals surface area contributed by atoms with Crippen molar-refractivity contribution in [3.05, 3.63) is 36.0 Å². The summed E-state index contributed by atoms with van der Waals surface area (Å²) in [5, 5.41) is 9.85. The van der Waals surface area contributed by atoms with Crippen molar-refractivity contribution in [1.29, 1.82) is 5.26 Å². The molecule has 3 amide bonds. The Labute approximate surface area is 167 Å². The Morgan fingerprint density at radius 3 is 2.79 bits per heavy atom. The number of sulfonamides is 1. The molecule has 3 saturated heterocycles. The Morgan fingerprint density at radius 1 is 1.28 bits per heavy atom. The van der Waals surface area contributed by atoms with Crippen molar-refractivity contribution >= 4 is 38.6 Å². The number of imide groups is 1. The predicted octanol–water partition coefficient (Wildman–Crippen LogP) is 1.05. The Bertz CT molecular complexity index is 1220. The fourth-order valence-electron chi connectivity index (χ4n) is 4.77. The van der Waals surface area contributed by atoms with Gasteiger partial charge >= 0.3 is 6.03 Å². The fourth-order valence-corrected chi connectivity index (χ4v) is 6.11. The van der Waals surface area contributed by atoms with Crippen molar-refractivity contribution in [1.82, 2.24) is 14.2 Å². The molecule has 1 unspecified atom stereocenters. The summed E-state index contributed by atoms with van der Waals surface area (Å²) in [4.78, 5) is 33.4. The molecular formula is C19H17N5O4S. The van der Waals surface area contributed by atoms with Crippen LogP contribution in [-0.4, -0.2) is 65.0 Å². The molecule has 10 heteroatoms. The summed E-state index contributed by atoms with van der Waals surface area (Å²) in [6, 6.07) is 6.47. The van der Waals surface area contributed by atoms with Gasteiger partial charge in [-0.3, -0.25) is 9.78 Å². The van der Waals surface area contributed by atoms with Gasteiger partial charge in [0.1, 0.15) is 12.1 Å². The second-order valence-corrected chi connectivity index (χ2v) is 9.59. The van der Waals surface area contributed by atoms with E-state index in [-0.39, 0.29) is 18.3 Å². The number of nitriles is 1. The van der Waals surface area contributed by atoms with Crippen molar-refractivity contribution in [2.75, 3.05) is 17.2 Å². The van der Waals surface area contributed by atoms with E-state index >= 15 is 0 Å². The largest absolute Gasteiger partial charge is 0.332 e. The van der Waals surface area contributed by atoms with E-state index in [2.05, 4.69) is 11.1 Å². The number of pyridine rings is 1. The number of rotatable bonds is 3. The number of amides is 3. The molecule has 3 fully saturated rings. The minimum Gasteiger partial charge on any atom is -0.306 e. The average Bonchev–Trinajstić information content (AvgIpc) is 3.39. The maximum absolute atomic E-state index is 13.3. The SMILES string of the molecule is CCS(=O)(=O)N1C[C@H]2CC1[C@H]1C(=O)N(c3ccc(C#N)c4ncccc34)C(=O)N21. The summed E-state index contributed by atoms with van der Waals surface area (Å²) in [6.45, 7) is 1.79. The number of piperazine rings is 1. The molecule has 1 aromatic carbocycles. The minimum absolute atomic E-state index is 0.0410. The van der Waals surface area contributed by atoms with Crippen molar-refractivity contribution in [2.45, 2.75) is 31.5 Å². The molecule has 9 nitrogen and oxygen atoms in total. The molecule has 0 saturated carbocycles. The maximum atomic E-state index is 13.3. The van der Waals surface area contributed by atoms with Gasteiger partial charge in [0.05, 0.1) is 28.6 Å². The molecule has 2 aromatic rings. The fraction of sp³-hybridized carbons (Fsp3) is 0.368. The average molecular weight is 411 g/mol. The zero-order valence-electron chi connectivity index (χ0n) is 15.5. The van der Waals surface area contributed by atoms with Crippen LogP contribution in [0, 0.1) is 11.3 Å². The lowest BCUT2D eigenvalue weighted by Gasteiger charge is -2.33. The zero-order valence-corrected chi connectivity index (χ0v) is 16.3. The summed E-state index contributed by atoms with van der Waals surface area (Å²) in [6.07, 6.45) is 2.03. The van der Waals surface area contributed by atoms with Crippen LogP contribution in [0.25, 0.3) is 10.9 Å². The maximum Gasteiger partial charge on any atom is 0.332 e. The lowest BCUT2D eigenvalue weighted by molar-refractivity contribution is -0.120. The van der Waals surface area contributed by atoms with Gasteiger partial charge in [-0.15, -0.1) is 0 Å². The highest BCUT2D eigenvalue weighted by Crippen LogP contribution is 2.44. The Balaban J connectivity index is 1.60. The van der Waals surface area contributed by atoms with Crippen LogP contribution in [0.15, 0.2) is 30.5 Å². The van der Waals surface area contributed by atoms with Crippen LogP contribution in [-0.2, 0) is 14.8 Å². The number of carbonyl (C=O) groups is 2. The first-order valence-electron chi connectivity index (χ1n) is 9.32. The molecule has 2 bridgehead atoms. The van der Waals surface area contributed by atoms with Gasteiger partial charge in [0, 0.05) is 24.2 Å². The molecule has 148 valence electrons. The molecule has 0 radical (unpaired) electrons. The molecule has 4 heterocycles. The van der Waals surface area contributed by atoms with E-state index in [9.17, 15) is 23.3 Å². The third kappa shape index (κ3) is 2.28. The minimum atomic E-state index is -3.46. The van der Waals surface area contributed by atoms with Gasteiger partial charge in [-0.1, -0.05) is 0 Å². The number of carbonyl (C=O) groups excluding carboxylic acids is 2. The number of hydrogen-bond acceptors (Lipinski definition) is 6. The molecule has 0 spiro atoms. The highest BCUT2D eigenvalue weighted by Gasteiger charge is 2.63. The smallest absolute Gasteiger partial charge is 0.306 e. The molecule has 29 heavy (non-hydrogen) atoms. The van der Waals surface area contributed by atoms with E-state index in [4.69, 9.17) is 0 Å². The number of urea groups is 1. The number of fused-ring (bicyclic) bond motifs is 6. The Morgan fingerprint density at radius 2 is 2.07 bits per heavy atom. The summed E-state index contributed by atoms with van der Waals surface area (Å²) >= 11 is 0. The second kappa shape index (κ2) is 5.98. The molecule has 1 aromatic heterocycles. The van der Waals surface area contributed by atoms with E-state index in [0.29, 0.717) is 28.6 Å². The van der Waals surface area contributed by atoms with Crippen molar-refractivity contribution in [3.8, 4) is 6.07 Å². The van der Waals surface area contributed by atoms with Crippen LogP contribution < -0.4 is 4.90 Å². The Kier molecular flexibility index (Phi) is 3.72. The quantitative estimate of drug-likeness (QED) is 0.698. The number of hydrogen-bond donors (Lipinski definition) is 0. The number of aromatic nitrogens is 1. The molecule has 3 aliphatic heterocycles. The van der Waals surface area contributed by atoms with Crippen LogP contribution in [0.4, 0.5) is 10.5 Å². The highest BCUT2D eigenvalue weighted by molar-refractivity contribution is 7.89. The van der Waals surface area contributed by atoms with Crippen LogP contribution in [0.5, 0.6) is 0 Å². The van der Waals surface area contributed by atoms with Crippen LogP contribution in [0.1, 0.15) is 18.9 Å². The summed E-state index contributed by atoms with van der Waals surface area (Å²) in [5.74, 6) is -0.478. The van der Waals surface area contributed by atoms with Gasteiger partial charge in [-0.2, -0.15) is 9.57 Å². The van der Waals surface area contributed by atoms with E-state index in [0.717, 1.165) is 4.90 Å².